The molecule has 0 aliphatic carbocycles. The van der Waals surface area contributed by atoms with Crippen molar-refractivity contribution in [2.75, 3.05) is 0 Å². The summed E-state index contributed by atoms with van der Waals surface area (Å²) < 4.78 is 43.4. The van der Waals surface area contributed by atoms with E-state index in [0.717, 1.165) is 12.1 Å². The minimum atomic E-state index is -1.54. The average molecular weight is 266 g/mol. The fraction of sp³-hybridized carbons (Fsp3) is 0.0714. The van der Waals surface area contributed by atoms with Crippen LogP contribution in [0.3, 0.4) is 0 Å². The molecular weight excluding hydrogens is 257 g/mol. The molecule has 0 aliphatic heterocycles. The molecular formula is C14H9F3O2. The summed E-state index contributed by atoms with van der Waals surface area (Å²) in [4.78, 5) is 11.6. The summed E-state index contributed by atoms with van der Waals surface area (Å²) in [5, 5.41) is 0. The van der Waals surface area contributed by atoms with Gasteiger partial charge in [-0.3, -0.25) is 0 Å². The number of esters is 1. The SMILES string of the molecule is O=C(OCc1cc(F)c(F)c(F)c1)c1ccccc1. The lowest BCUT2D eigenvalue weighted by molar-refractivity contribution is 0.0471. The fourth-order valence-corrected chi connectivity index (χ4v) is 1.50. The predicted octanol–water partition coefficient (Wildman–Crippen LogP) is 3.46. The number of carbonyl (C=O) groups is 1. The zero-order valence-electron chi connectivity index (χ0n) is 9.70. The summed E-state index contributed by atoms with van der Waals surface area (Å²) in [5.41, 5.74) is 0.367. The number of halogens is 3. The largest absolute Gasteiger partial charge is 0.457 e. The van der Waals surface area contributed by atoms with E-state index in [1.54, 1.807) is 30.3 Å². The van der Waals surface area contributed by atoms with Crippen molar-refractivity contribution < 1.29 is 22.7 Å². The summed E-state index contributed by atoms with van der Waals surface area (Å²) >= 11 is 0. The van der Waals surface area contributed by atoms with Crippen molar-refractivity contribution in [2.24, 2.45) is 0 Å². The first-order valence-electron chi connectivity index (χ1n) is 5.43. The molecule has 2 nitrogen and oxygen atoms in total. The highest BCUT2D eigenvalue weighted by atomic mass is 19.2. The van der Waals surface area contributed by atoms with Crippen LogP contribution >= 0.6 is 0 Å². The third-order valence-corrected chi connectivity index (χ3v) is 2.42. The van der Waals surface area contributed by atoms with Crippen LogP contribution in [-0.4, -0.2) is 5.97 Å². The van der Waals surface area contributed by atoms with E-state index < -0.39 is 23.4 Å². The Hall–Kier alpha value is -2.30. The van der Waals surface area contributed by atoms with E-state index in [1.807, 2.05) is 0 Å². The monoisotopic (exact) mass is 266 g/mol. The molecule has 0 spiro atoms. The van der Waals surface area contributed by atoms with Gasteiger partial charge >= 0.3 is 5.97 Å². The predicted molar refractivity (Wildman–Crippen MR) is 61.9 cm³/mol. The van der Waals surface area contributed by atoms with Crippen molar-refractivity contribution in [3.8, 4) is 0 Å². The van der Waals surface area contributed by atoms with Gasteiger partial charge in [0.1, 0.15) is 6.61 Å². The molecule has 0 N–H and O–H groups in total. The summed E-state index contributed by atoms with van der Waals surface area (Å²) in [7, 11) is 0. The normalized spacial score (nSPS) is 10.3. The second-order valence-electron chi connectivity index (χ2n) is 3.82. The van der Waals surface area contributed by atoms with Crippen molar-refractivity contribution in [3.63, 3.8) is 0 Å². The molecule has 0 unspecified atom stereocenters. The highest BCUT2D eigenvalue weighted by Gasteiger charge is 2.12. The molecule has 0 fully saturated rings. The molecule has 0 aromatic heterocycles. The second kappa shape index (κ2) is 5.56. The van der Waals surface area contributed by atoms with Crippen LogP contribution in [0.1, 0.15) is 15.9 Å². The van der Waals surface area contributed by atoms with Crippen LogP contribution in [0.5, 0.6) is 0 Å². The molecule has 19 heavy (non-hydrogen) atoms. The topological polar surface area (TPSA) is 26.3 Å². The Bertz CT molecular complexity index is 574. The zero-order chi connectivity index (χ0) is 13.8. The maximum atomic E-state index is 12.9. The summed E-state index contributed by atoms with van der Waals surface area (Å²) in [5.74, 6) is -4.79. The van der Waals surface area contributed by atoms with Crippen LogP contribution < -0.4 is 0 Å². The lowest BCUT2D eigenvalue weighted by atomic mass is 10.2. The first-order valence-corrected chi connectivity index (χ1v) is 5.43. The number of hydrogen-bond acceptors (Lipinski definition) is 2. The van der Waals surface area contributed by atoms with Gasteiger partial charge in [0.15, 0.2) is 17.5 Å². The molecule has 0 atom stereocenters. The van der Waals surface area contributed by atoms with E-state index in [0.29, 0.717) is 5.56 Å². The maximum absolute atomic E-state index is 12.9. The Balaban J connectivity index is 2.05. The van der Waals surface area contributed by atoms with Gasteiger partial charge in [0.05, 0.1) is 5.56 Å². The van der Waals surface area contributed by atoms with E-state index in [4.69, 9.17) is 4.74 Å². The van der Waals surface area contributed by atoms with Crippen LogP contribution in [0.2, 0.25) is 0 Å². The molecule has 2 aromatic rings. The van der Waals surface area contributed by atoms with Crippen LogP contribution in [0, 0.1) is 17.5 Å². The van der Waals surface area contributed by atoms with Crippen LogP contribution in [-0.2, 0) is 11.3 Å². The van der Waals surface area contributed by atoms with Gasteiger partial charge in [-0.2, -0.15) is 0 Å². The highest BCUT2D eigenvalue weighted by molar-refractivity contribution is 5.89. The van der Waals surface area contributed by atoms with E-state index >= 15 is 0 Å². The lowest BCUT2D eigenvalue weighted by Crippen LogP contribution is -2.06. The molecule has 5 heteroatoms. The standard InChI is InChI=1S/C14H9F3O2/c15-11-6-9(7-12(16)13(11)17)8-19-14(18)10-4-2-1-3-5-10/h1-7H,8H2. The van der Waals surface area contributed by atoms with Crippen LogP contribution in [0.4, 0.5) is 13.2 Å². The van der Waals surface area contributed by atoms with E-state index in [9.17, 15) is 18.0 Å². The first kappa shape index (κ1) is 13.1. The Labute approximate surface area is 107 Å². The van der Waals surface area contributed by atoms with Gasteiger partial charge in [0.25, 0.3) is 0 Å². The van der Waals surface area contributed by atoms with Gasteiger partial charge in [-0.05, 0) is 29.8 Å². The lowest BCUT2D eigenvalue weighted by Gasteiger charge is -2.06. The molecule has 0 saturated heterocycles. The Kier molecular flexibility index (Phi) is 3.85. The molecule has 0 radical (unpaired) electrons. The quantitative estimate of drug-likeness (QED) is 0.628. The van der Waals surface area contributed by atoms with Crippen molar-refractivity contribution in [3.05, 3.63) is 71.0 Å². The Morgan fingerprint density at radius 3 is 2.16 bits per heavy atom. The van der Waals surface area contributed by atoms with Gasteiger partial charge in [0, 0.05) is 0 Å². The van der Waals surface area contributed by atoms with Crippen molar-refractivity contribution in [1.29, 1.82) is 0 Å². The Morgan fingerprint density at radius 1 is 1.00 bits per heavy atom. The van der Waals surface area contributed by atoms with E-state index in [2.05, 4.69) is 0 Å². The van der Waals surface area contributed by atoms with Gasteiger partial charge < -0.3 is 4.74 Å². The smallest absolute Gasteiger partial charge is 0.338 e. The minimum absolute atomic E-state index is 0.0423. The zero-order valence-corrected chi connectivity index (χ0v) is 9.70. The minimum Gasteiger partial charge on any atom is -0.457 e. The fourth-order valence-electron chi connectivity index (χ4n) is 1.50. The van der Waals surface area contributed by atoms with Gasteiger partial charge in [-0.25, -0.2) is 18.0 Å². The second-order valence-corrected chi connectivity index (χ2v) is 3.82. The van der Waals surface area contributed by atoms with Crippen molar-refractivity contribution in [1.82, 2.24) is 0 Å². The average Bonchev–Trinajstić information content (AvgIpc) is 2.43. The van der Waals surface area contributed by atoms with Crippen LogP contribution in [0.15, 0.2) is 42.5 Å². The summed E-state index contributed by atoms with van der Waals surface area (Å²) in [6.45, 7) is -0.332. The number of rotatable bonds is 3. The molecule has 2 aromatic carbocycles. The molecule has 0 bridgehead atoms. The molecule has 98 valence electrons. The molecule has 0 amide bonds. The third kappa shape index (κ3) is 3.13. The number of benzene rings is 2. The number of hydrogen-bond donors (Lipinski definition) is 0. The van der Waals surface area contributed by atoms with Gasteiger partial charge in [-0.15, -0.1) is 0 Å². The maximum Gasteiger partial charge on any atom is 0.338 e. The summed E-state index contributed by atoms with van der Waals surface area (Å²) in [6.07, 6.45) is 0. The van der Waals surface area contributed by atoms with E-state index in [1.165, 1.54) is 0 Å². The van der Waals surface area contributed by atoms with Gasteiger partial charge in [-0.1, -0.05) is 18.2 Å². The van der Waals surface area contributed by atoms with Crippen molar-refractivity contribution in [2.45, 2.75) is 6.61 Å². The molecule has 0 heterocycles. The number of ether oxygens (including phenoxy) is 1. The van der Waals surface area contributed by atoms with Crippen LogP contribution in [0.25, 0.3) is 0 Å². The number of carbonyl (C=O) groups excluding carboxylic acids is 1. The molecule has 0 saturated carbocycles. The first-order chi connectivity index (χ1) is 9.08. The molecule has 2 rings (SSSR count). The van der Waals surface area contributed by atoms with Gasteiger partial charge in [0.2, 0.25) is 0 Å². The van der Waals surface area contributed by atoms with E-state index in [-0.39, 0.29) is 12.2 Å². The molecule has 0 aliphatic rings. The Morgan fingerprint density at radius 2 is 1.58 bits per heavy atom. The van der Waals surface area contributed by atoms with Crippen molar-refractivity contribution >= 4 is 5.97 Å². The third-order valence-electron chi connectivity index (χ3n) is 2.42. The highest BCUT2D eigenvalue weighted by Crippen LogP contribution is 2.15. The summed E-state index contributed by atoms with van der Waals surface area (Å²) in [6, 6.07) is 9.73.